The Labute approximate surface area is 110 Å². The molecular formula is C13H15FN2O3. The number of carbonyl (C=O) groups is 1. The number of hydrogen-bond acceptors (Lipinski definition) is 3. The van der Waals surface area contributed by atoms with Gasteiger partial charge in [-0.25, -0.2) is 4.39 Å². The van der Waals surface area contributed by atoms with E-state index in [0.717, 1.165) is 6.07 Å². The van der Waals surface area contributed by atoms with Crippen LogP contribution >= 0.6 is 0 Å². The third kappa shape index (κ3) is 4.50. The van der Waals surface area contributed by atoms with Crippen LogP contribution in [0.2, 0.25) is 0 Å². The van der Waals surface area contributed by atoms with Gasteiger partial charge < -0.3 is 5.32 Å². The predicted molar refractivity (Wildman–Crippen MR) is 70.1 cm³/mol. The minimum atomic E-state index is -0.640. The van der Waals surface area contributed by atoms with Crippen molar-refractivity contribution >= 4 is 17.7 Å². The SMILES string of the molecule is CC(=O)NCCC=Cc1cc(F)cc([N+](=O)[O-])c1C. The highest BCUT2D eigenvalue weighted by molar-refractivity contribution is 5.72. The smallest absolute Gasteiger partial charge is 0.275 e. The Hall–Kier alpha value is -2.24. The van der Waals surface area contributed by atoms with Crippen molar-refractivity contribution in [1.29, 1.82) is 0 Å². The molecule has 0 spiro atoms. The Kier molecular flexibility index (Phi) is 5.17. The highest BCUT2D eigenvalue weighted by Gasteiger charge is 2.14. The molecule has 0 aromatic heterocycles. The number of hydrogen-bond donors (Lipinski definition) is 1. The zero-order valence-electron chi connectivity index (χ0n) is 10.8. The molecule has 1 rings (SSSR count). The maximum atomic E-state index is 13.3. The highest BCUT2D eigenvalue weighted by Crippen LogP contribution is 2.24. The van der Waals surface area contributed by atoms with E-state index < -0.39 is 10.7 Å². The number of nitrogens with one attached hydrogen (secondary N) is 1. The largest absolute Gasteiger partial charge is 0.356 e. The van der Waals surface area contributed by atoms with Crippen LogP contribution in [0.25, 0.3) is 6.08 Å². The lowest BCUT2D eigenvalue weighted by Crippen LogP contribution is -2.20. The Bertz CT molecular complexity index is 527. The van der Waals surface area contributed by atoms with Crippen molar-refractivity contribution in [2.75, 3.05) is 6.54 Å². The number of carbonyl (C=O) groups excluding carboxylic acids is 1. The van der Waals surface area contributed by atoms with Gasteiger partial charge in [-0.3, -0.25) is 14.9 Å². The zero-order chi connectivity index (χ0) is 14.4. The summed E-state index contributed by atoms with van der Waals surface area (Å²) in [5, 5.41) is 13.4. The summed E-state index contributed by atoms with van der Waals surface area (Å²) in [5.41, 5.74) is 0.651. The van der Waals surface area contributed by atoms with E-state index >= 15 is 0 Å². The molecule has 0 saturated heterocycles. The van der Waals surface area contributed by atoms with E-state index in [4.69, 9.17) is 0 Å². The summed E-state index contributed by atoms with van der Waals surface area (Å²) in [6, 6.07) is 2.15. The minimum Gasteiger partial charge on any atom is -0.356 e. The van der Waals surface area contributed by atoms with Crippen LogP contribution in [-0.2, 0) is 4.79 Å². The van der Waals surface area contributed by atoms with Crippen LogP contribution < -0.4 is 5.32 Å². The molecule has 102 valence electrons. The molecule has 0 aliphatic heterocycles. The van der Waals surface area contributed by atoms with Gasteiger partial charge in [-0.1, -0.05) is 12.2 Å². The maximum Gasteiger partial charge on any atom is 0.275 e. The molecular weight excluding hydrogens is 251 g/mol. The molecule has 0 fully saturated rings. The van der Waals surface area contributed by atoms with E-state index in [1.165, 1.54) is 13.0 Å². The number of amides is 1. The summed E-state index contributed by atoms with van der Waals surface area (Å²) in [7, 11) is 0. The van der Waals surface area contributed by atoms with Crippen LogP contribution in [0.1, 0.15) is 24.5 Å². The molecule has 5 nitrogen and oxygen atoms in total. The zero-order valence-corrected chi connectivity index (χ0v) is 10.8. The van der Waals surface area contributed by atoms with Crippen molar-refractivity contribution < 1.29 is 14.1 Å². The number of nitro benzene ring substituents is 1. The molecule has 6 heteroatoms. The van der Waals surface area contributed by atoms with E-state index in [9.17, 15) is 19.3 Å². The van der Waals surface area contributed by atoms with Crippen LogP contribution in [0.4, 0.5) is 10.1 Å². The molecule has 1 aromatic rings. The fraction of sp³-hybridized carbons (Fsp3) is 0.308. The van der Waals surface area contributed by atoms with Crippen LogP contribution in [0.15, 0.2) is 18.2 Å². The van der Waals surface area contributed by atoms with Gasteiger partial charge in [0.1, 0.15) is 5.82 Å². The Balaban J connectivity index is 2.80. The molecule has 1 amide bonds. The van der Waals surface area contributed by atoms with E-state index in [1.807, 2.05) is 0 Å². The summed E-state index contributed by atoms with van der Waals surface area (Å²) in [6.45, 7) is 3.47. The number of benzene rings is 1. The molecule has 0 heterocycles. The Morgan fingerprint density at radius 1 is 1.53 bits per heavy atom. The van der Waals surface area contributed by atoms with Crippen molar-refractivity contribution in [1.82, 2.24) is 5.32 Å². The Morgan fingerprint density at radius 3 is 2.79 bits per heavy atom. The van der Waals surface area contributed by atoms with Gasteiger partial charge in [-0.15, -0.1) is 0 Å². The average Bonchev–Trinajstić information content (AvgIpc) is 2.31. The maximum absolute atomic E-state index is 13.3. The van der Waals surface area contributed by atoms with Crippen molar-refractivity contribution in [2.45, 2.75) is 20.3 Å². The summed E-state index contributed by atoms with van der Waals surface area (Å²) in [5.74, 6) is -0.759. The third-order valence-corrected chi connectivity index (χ3v) is 2.56. The van der Waals surface area contributed by atoms with E-state index in [-0.39, 0.29) is 11.6 Å². The van der Waals surface area contributed by atoms with Gasteiger partial charge in [0.05, 0.1) is 11.0 Å². The molecule has 1 aromatic carbocycles. The second-order valence-corrected chi connectivity index (χ2v) is 4.07. The van der Waals surface area contributed by atoms with Crippen molar-refractivity contribution in [3.63, 3.8) is 0 Å². The van der Waals surface area contributed by atoms with Crippen LogP contribution in [0, 0.1) is 22.9 Å². The van der Waals surface area contributed by atoms with Gasteiger partial charge in [0.25, 0.3) is 5.69 Å². The normalized spacial score (nSPS) is 10.7. The first-order chi connectivity index (χ1) is 8.91. The summed E-state index contributed by atoms with van der Waals surface area (Å²) < 4.78 is 13.3. The summed E-state index contributed by atoms with van der Waals surface area (Å²) in [6.07, 6.45) is 3.93. The molecule has 1 N–H and O–H groups in total. The molecule has 0 aliphatic carbocycles. The first kappa shape index (κ1) is 14.8. The summed E-state index contributed by atoms with van der Waals surface area (Å²) in [4.78, 5) is 20.8. The van der Waals surface area contributed by atoms with Crippen LogP contribution in [0.3, 0.4) is 0 Å². The lowest BCUT2D eigenvalue weighted by Gasteiger charge is -2.03. The van der Waals surface area contributed by atoms with Crippen LogP contribution in [-0.4, -0.2) is 17.4 Å². The fourth-order valence-electron chi connectivity index (χ4n) is 1.59. The molecule has 0 atom stereocenters. The van der Waals surface area contributed by atoms with Gasteiger partial charge in [0, 0.05) is 19.0 Å². The molecule has 0 aliphatic rings. The second-order valence-electron chi connectivity index (χ2n) is 4.07. The van der Waals surface area contributed by atoms with Crippen molar-refractivity contribution in [3.8, 4) is 0 Å². The minimum absolute atomic E-state index is 0.119. The third-order valence-electron chi connectivity index (χ3n) is 2.56. The predicted octanol–water partition coefficient (Wildman–Crippen LogP) is 2.58. The standard InChI is InChI=1S/C13H15FN2O3/c1-9-11(5-3-4-6-15-10(2)17)7-12(14)8-13(9)16(18)19/h3,5,7-8H,4,6H2,1-2H3,(H,15,17). The second kappa shape index (κ2) is 6.63. The Morgan fingerprint density at radius 2 is 2.21 bits per heavy atom. The first-order valence-electron chi connectivity index (χ1n) is 5.77. The molecule has 0 saturated carbocycles. The van der Waals surface area contributed by atoms with Crippen molar-refractivity contribution in [2.24, 2.45) is 0 Å². The molecule has 19 heavy (non-hydrogen) atoms. The van der Waals surface area contributed by atoms with Gasteiger partial charge in [-0.05, 0) is 25.0 Å². The fourth-order valence-corrected chi connectivity index (χ4v) is 1.59. The van der Waals surface area contributed by atoms with Crippen molar-refractivity contribution in [3.05, 3.63) is 45.3 Å². The highest BCUT2D eigenvalue weighted by atomic mass is 19.1. The van der Waals surface area contributed by atoms with E-state index in [2.05, 4.69) is 5.32 Å². The number of nitrogens with zero attached hydrogens (tertiary/aromatic N) is 1. The quantitative estimate of drug-likeness (QED) is 0.505. The van der Waals surface area contributed by atoms with Gasteiger partial charge in [-0.2, -0.15) is 0 Å². The van der Waals surface area contributed by atoms with Gasteiger partial charge >= 0.3 is 0 Å². The molecule has 0 radical (unpaired) electrons. The lowest BCUT2D eigenvalue weighted by molar-refractivity contribution is -0.385. The number of nitro groups is 1. The molecule has 0 unspecified atom stereocenters. The monoisotopic (exact) mass is 266 g/mol. The number of rotatable bonds is 5. The molecule has 0 bridgehead atoms. The summed E-state index contributed by atoms with van der Waals surface area (Å²) >= 11 is 0. The number of halogens is 1. The van der Waals surface area contributed by atoms with E-state index in [0.29, 0.717) is 24.1 Å². The van der Waals surface area contributed by atoms with Gasteiger partial charge in [0.15, 0.2) is 0 Å². The lowest BCUT2D eigenvalue weighted by atomic mass is 10.1. The van der Waals surface area contributed by atoms with E-state index in [1.54, 1.807) is 19.1 Å². The van der Waals surface area contributed by atoms with Crippen LogP contribution in [0.5, 0.6) is 0 Å². The topological polar surface area (TPSA) is 72.2 Å². The first-order valence-corrected chi connectivity index (χ1v) is 5.77. The van der Waals surface area contributed by atoms with Gasteiger partial charge in [0.2, 0.25) is 5.91 Å². The average molecular weight is 266 g/mol.